The maximum absolute atomic E-state index is 12.8. The Balaban J connectivity index is 0.00000210. The fourth-order valence-corrected chi connectivity index (χ4v) is 5.78. The van der Waals surface area contributed by atoms with Crippen LogP contribution in [0.15, 0.2) is 30.3 Å². The average molecular weight is 394 g/mol. The Kier molecular flexibility index (Phi) is 5.90. The third-order valence-electron chi connectivity index (χ3n) is 7.72. The first-order chi connectivity index (χ1) is 12.4. The van der Waals surface area contributed by atoms with Crippen molar-refractivity contribution < 1.29 is 14.3 Å². The van der Waals surface area contributed by atoms with Crippen molar-refractivity contribution in [3.63, 3.8) is 0 Å². The van der Waals surface area contributed by atoms with Crippen molar-refractivity contribution in [3.8, 4) is 0 Å². The van der Waals surface area contributed by atoms with E-state index in [1.165, 1.54) is 6.42 Å². The van der Waals surface area contributed by atoms with Gasteiger partial charge in [-0.25, -0.2) is 4.79 Å². The van der Waals surface area contributed by atoms with E-state index in [0.29, 0.717) is 17.4 Å². The Hall–Kier alpha value is -1.10. The van der Waals surface area contributed by atoms with Gasteiger partial charge in [-0.2, -0.15) is 0 Å². The highest BCUT2D eigenvalue weighted by Crippen LogP contribution is 2.68. The van der Waals surface area contributed by atoms with E-state index in [4.69, 9.17) is 9.47 Å². The first-order valence-corrected chi connectivity index (χ1v) is 9.99. The van der Waals surface area contributed by atoms with Crippen LogP contribution in [0.5, 0.6) is 0 Å². The Morgan fingerprint density at radius 3 is 2.52 bits per heavy atom. The molecule has 2 saturated carbocycles. The third kappa shape index (κ3) is 3.41. The van der Waals surface area contributed by atoms with E-state index in [0.717, 1.165) is 39.3 Å². The first-order valence-electron chi connectivity index (χ1n) is 9.99. The molecule has 3 aliphatic rings. The highest BCUT2D eigenvalue weighted by Gasteiger charge is 2.67. The van der Waals surface area contributed by atoms with Gasteiger partial charge in [-0.05, 0) is 36.3 Å². The summed E-state index contributed by atoms with van der Waals surface area (Å²) in [6, 6.07) is 9.42. The first kappa shape index (κ1) is 20.6. The second-order valence-electron chi connectivity index (χ2n) is 9.05. The van der Waals surface area contributed by atoms with Crippen LogP contribution in [0.3, 0.4) is 0 Å². The van der Waals surface area contributed by atoms with Crippen LogP contribution in [0.1, 0.15) is 44.0 Å². The average Bonchev–Trinajstić information content (AvgIpc) is 2.96. The molecule has 1 saturated heterocycles. The van der Waals surface area contributed by atoms with Crippen LogP contribution in [0, 0.1) is 22.7 Å². The van der Waals surface area contributed by atoms with E-state index >= 15 is 0 Å². The van der Waals surface area contributed by atoms with Gasteiger partial charge in [-0.3, -0.25) is 4.90 Å². The number of halogens is 1. The molecule has 2 aliphatic carbocycles. The molecule has 4 rings (SSSR count). The molecule has 4 nitrogen and oxygen atoms in total. The second-order valence-corrected chi connectivity index (χ2v) is 9.05. The number of hydrogen-bond donors (Lipinski definition) is 0. The highest BCUT2D eigenvalue weighted by molar-refractivity contribution is 5.89. The number of ether oxygens (including phenoxy) is 2. The number of esters is 1. The summed E-state index contributed by atoms with van der Waals surface area (Å²) in [4.78, 5) is 15.3. The van der Waals surface area contributed by atoms with Gasteiger partial charge in [0.25, 0.3) is 0 Å². The molecule has 4 atom stereocenters. The zero-order chi connectivity index (χ0) is 18.4. The second kappa shape index (κ2) is 7.73. The van der Waals surface area contributed by atoms with E-state index < -0.39 is 0 Å². The normalized spacial score (nSPS) is 34.9. The molecule has 0 aromatic heterocycles. The fourth-order valence-electron chi connectivity index (χ4n) is 5.78. The topological polar surface area (TPSA) is 38.8 Å². The molecule has 4 unspecified atom stereocenters. The minimum atomic E-state index is -0.174. The molecule has 0 spiro atoms. The van der Waals surface area contributed by atoms with Crippen LogP contribution in [-0.2, 0) is 9.47 Å². The molecule has 0 amide bonds. The lowest BCUT2D eigenvalue weighted by molar-refractivity contribution is -0.0519. The summed E-state index contributed by atoms with van der Waals surface area (Å²) in [6.07, 6.45) is 2.39. The smallest absolute Gasteiger partial charge is 0.338 e. The van der Waals surface area contributed by atoms with Crippen molar-refractivity contribution in [2.24, 2.45) is 22.7 Å². The quantitative estimate of drug-likeness (QED) is 0.724. The van der Waals surface area contributed by atoms with Gasteiger partial charge in [0.05, 0.1) is 18.8 Å². The van der Waals surface area contributed by atoms with Gasteiger partial charge in [0.1, 0.15) is 6.10 Å². The predicted molar refractivity (Wildman–Crippen MR) is 108 cm³/mol. The SMILES string of the molecule is CC1(C)C2CCC1(C)C(OC(=O)c1ccccc1)C2CN1CCOCC1.Cl. The van der Waals surface area contributed by atoms with Crippen LogP contribution in [-0.4, -0.2) is 49.8 Å². The Morgan fingerprint density at radius 1 is 1.19 bits per heavy atom. The lowest BCUT2D eigenvalue weighted by atomic mass is 9.70. The lowest BCUT2D eigenvalue weighted by Gasteiger charge is -2.40. The summed E-state index contributed by atoms with van der Waals surface area (Å²) in [5, 5.41) is 0. The van der Waals surface area contributed by atoms with Crippen molar-refractivity contribution in [3.05, 3.63) is 35.9 Å². The van der Waals surface area contributed by atoms with Crippen molar-refractivity contribution in [1.29, 1.82) is 0 Å². The maximum Gasteiger partial charge on any atom is 0.338 e. The van der Waals surface area contributed by atoms with E-state index in [9.17, 15) is 4.79 Å². The zero-order valence-corrected chi connectivity index (χ0v) is 17.5. The summed E-state index contributed by atoms with van der Waals surface area (Å²) in [5.41, 5.74) is 0.909. The van der Waals surface area contributed by atoms with Gasteiger partial charge >= 0.3 is 5.97 Å². The molecule has 27 heavy (non-hydrogen) atoms. The van der Waals surface area contributed by atoms with Gasteiger partial charge < -0.3 is 9.47 Å². The highest BCUT2D eigenvalue weighted by atomic mass is 35.5. The van der Waals surface area contributed by atoms with E-state index in [1.54, 1.807) is 0 Å². The molecular weight excluding hydrogens is 362 g/mol. The van der Waals surface area contributed by atoms with Crippen molar-refractivity contribution >= 4 is 18.4 Å². The minimum Gasteiger partial charge on any atom is -0.458 e. The van der Waals surface area contributed by atoms with Crippen LogP contribution >= 0.6 is 12.4 Å². The third-order valence-corrected chi connectivity index (χ3v) is 7.72. The number of nitrogens with zero attached hydrogens (tertiary/aromatic N) is 1. The Labute approximate surface area is 169 Å². The molecule has 0 radical (unpaired) electrons. The standard InChI is InChI=1S/C22H31NO3.ClH/c1-21(2)18-9-10-22(21,3)19(17(18)15-23-11-13-25-14-12-23)26-20(24)16-7-5-4-6-8-16;/h4-8,17-19H,9-15H2,1-3H3;1H. The van der Waals surface area contributed by atoms with Gasteiger partial charge in [-0.15, -0.1) is 12.4 Å². The number of morpholine rings is 1. The van der Waals surface area contributed by atoms with Gasteiger partial charge in [0, 0.05) is 31.0 Å². The summed E-state index contributed by atoms with van der Waals surface area (Å²) in [5.74, 6) is 0.852. The molecule has 1 heterocycles. The number of fused-ring (bicyclic) bond motifs is 2. The van der Waals surface area contributed by atoms with Gasteiger partial charge in [-0.1, -0.05) is 39.0 Å². The molecule has 3 fully saturated rings. The van der Waals surface area contributed by atoms with Crippen LogP contribution in [0.2, 0.25) is 0 Å². The molecule has 5 heteroatoms. The number of rotatable bonds is 4. The number of carbonyl (C=O) groups is 1. The minimum absolute atomic E-state index is 0. The summed E-state index contributed by atoms with van der Waals surface area (Å²) in [7, 11) is 0. The Morgan fingerprint density at radius 2 is 1.85 bits per heavy atom. The monoisotopic (exact) mass is 393 g/mol. The summed E-state index contributed by atoms with van der Waals surface area (Å²) < 4.78 is 11.7. The van der Waals surface area contributed by atoms with Crippen molar-refractivity contribution in [2.75, 3.05) is 32.8 Å². The molecule has 150 valence electrons. The van der Waals surface area contributed by atoms with Gasteiger partial charge in [0.2, 0.25) is 0 Å². The molecule has 1 aromatic rings. The number of hydrogen-bond acceptors (Lipinski definition) is 4. The molecule has 1 aliphatic heterocycles. The van der Waals surface area contributed by atoms with Crippen molar-refractivity contribution in [2.45, 2.75) is 39.7 Å². The predicted octanol–water partition coefficient (Wildman–Crippen LogP) is 4.04. The molecule has 0 N–H and O–H groups in total. The number of carbonyl (C=O) groups excluding carboxylic acids is 1. The molecule has 2 bridgehead atoms. The summed E-state index contributed by atoms with van der Waals surface area (Å²) in [6.45, 7) is 11.7. The van der Waals surface area contributed by atoms with E-state index in [-0.39, 0.29) is 35.3 Å². The molecular formula is C22H32ClNO3. The van der Waals surface area contributed by atoms with Crippen LogP contribution in [0.4, 0.5) is 0 Å². The number of benzene rings is 1. The maximum atomic E-state index is 12.8. The zero-order valence-electron chi connectivity index (χ0n) is 16.6. The lowest BCUT2D eigenvalue weighted by Crippen LogP contribution is -2.47. The molecule has 1 aromatic carbocycles. The largest absolute Gasteiger partial charge is 0.458 e. The van der Waals surface area contributed by atoms with E-state index in [2.05, 4.69) is 25.7 Å². The van der Waals surface area contributed by atoms with Crippen LogP contribution in [0.25, 0.3) is 0 Å². The summed E-state index contributed by atoms with van der Waals surface area (Å²) >= 11 is 0. The van der Waals surface area contributed by atoms with E-state index in [1.807, 2.05) is 30.3 Å². The van der Waals surface area contributed by atoms with Gasteiger partial charge in [0.15, 0.2) is 0 Å². The Bertz CT molecular complexity index is 659. The fraction of sp³-hybridized carbons (Fsp3) is 0.682. The van der Waals surface area contributed by atoms with Crippen LogP contribution < -0.4 is 0 Å². The van der Waals surface area contributed by atoms with Crippen molar-refractivity contribution in [1.82, 2.24) is 4.90 Å².